The van der Waals surface area contributed by atoms with Gasteiger partial charge in [-0.15, -0.1) is 0 Å². The normalized spacial score (nSPS) is 11.5. The molecule has 1 atom stereocenters. The number of rotatable bonds is 6. The van der Waals surface area contributed by atoms with Crippen LogP contribution in [0.1, 0.15) is 31.2 Å². The Bertz CT molecular complexity index is 887. The van der Waals surface area contributed by atoms with E-state index in [2.05, 4.69) is 15.3 Å². The third-order valence-electron chi connectivity index (χ3n) is 3.50. The molecule has 0 aliphatic rings. The van der Waals surface area contributed by atoms with E-state index in [1.54, 1.807) is 6.92 Å². The number of nitrogens with zero attached hydrogens (tertiary/aromatic N) is 3. The summed E-state index contributed by atoms with van der Waals surface area (Å²) in [5.74, 6) is -4.91. The molecule has 0 radical (unpaired) electrons. The van der Waals surface area contributed by atoms with Crippen LogP contribution in [0.4, 0.5) is 14.6 Å². The molecule has 7 nitrogen and oxygen atoms in total. The number of amides is 1. The Hall–Kier alpha value is -3.41. The Morgan fingerprint density at radius 2 is 1.88 bits per heavy atom. The highest BCUT2D eigenvalue weighted by molar-refractivity contribution is 6.04. The second-order valence-electron chi connectivity index (χ2n) is 5.40. The van der Waals surface area contributed by atoms with Crippen LogP contribution in [0.3, 0.4) is 0 Å². The molecule has 1 amide bonds. The summed E-state index contributed by atoms with van der Waals surface area (Å²) in [4.78, 5) is 31.5. The zero-order valence-electron chi connectivity index (χ0n) is 14.0. The molecule has 0 fully saturated rings. The van der Waals surface area contributed by atoms with E-state index in [0.717, 1.165) is 12.1 Å². The van der Waals surface area contributed by atoms with Gasteiger partial charge in [0, 0.05) is 18.2 Å². The zero-order valence-corrected chi connectivity index (χ0v) is 14.0. The minimum Gasteiger partial charge on any atom is -0.370 e. The average molecular weight is 359 g/mol. The summed E-state index contributed by atoms with van der Waals surface area (Å²) < 4.78 is 27.8. The number of benzene rings is 1. The lowest BCUT2D eigenvalue weighted by molar-refractivity contribution is -0.127. The first-order valence-electron chi connectivity index (χ1n) is 7.60. The molecule has 1 unspecified atom stereocenters. The lowest BCUT2D eigenvalue weighted by atomic mass is 10.0. The standard InChI is InChI=1S/C17H15F2N5O2/c1-3-22-14-6-13(9-4-11(18)10(7-20)12(19)5-9)23-17(24-14)15(8(2)25)16(21)26/h4-6,15H,3H2,1-2H3,(H2,21,26)(H,22,23,24). The molecule has 134 valence electrons. The van der Waals surface area contributed by atoms with Crippen molar-refractivity contribution in [3.05, 3.63) is 41.2 Å². The van der Waals surface area contributed by atoms with Crippen LogP contribution in [0.2, 0.25) is 0 Å². The third kappa shape index (κ3) is 3.80. The maximum absolute atomic E-state index is 13.9. The first-order chi connectivity index (χ1) is 12.3. The van der Waals surface area contributed by atoms with Crippen molar-refractivity contribution < 1.29 is 18.4 Å². The highest BCUT2D eigenvalue weighted by atomic mass is 19.1. The fourth-order valence-corrected chi connectivity index (χ4v) is 2.35. The molecule has 1 aromatic carbocycles. The number of hydrogen-bond acceptors (Lipinski definition) is 6. The van der Waals surface area contributed by atoms with Gasteiger partial charge >= 0.3 is 0 Å². The topological polar surface area (TPSA) is 122 Å². The van der Waals surface area contributed by atoms with Crippen molar-refractivity contribution in [2.75, 3.05) is 11.9 Å². The summed E-state index contributed by atoms with van der Waals surface area (Å²) in [6, 6.07) is 4.72. The minimum atomic E-state index is -1.39. The molecule has 9 heteroatoms. The molecule has 1 aromatic heterocycles. The molecule has 2 rings (SSSR count). The number of anilines is 1. The first kappa shape index (κ1) is 18.9. The third-order valence-corrected chi connectivity index (χ3v) is 3.50. The van der Waals surface area contributed by atoms with Gasteiger partial charge in [0.15, 0.2) is 11.7 Å². The summed E-state index contributed by atoms with van der Waals surface area (Å²) in [5.41, 5.74) is 4.63. The van der Waals surface area contributed by atoms with Crippen molar-refractivity contribution in [2.45, 2.75) is 19.8 Å². The fourth-order valence-electron chi connectivity index (χ4n) is 2.35. The van der Waals surface area contributed by atoms with E-state index in [0.29, 0.717) is 6.54 Å². The number of carbonyl (C=O) groups excluding carboxylic acids is 2. The maximum Gasteiger partial charge on any atom is 0.235 e. The summed E-state index contributed by atoms with van der Waals surface area (Å²) >= 11 is 0. The van der Waals surface area contributed by atoms with Gasteiger partial charge in [-0.2, -0.15) is 5.26 Å². The number of nitrogens with two attached hydrogens (primary N) is 1. The molecular formula is C17H15F2N5O2. The second-order valence-corrected chi connectivity index (χ2v) is 5.40. The van der Waals surface area contributed by atoms with E-state index >= 15 is 0 Å². The Morgan fingerprint density at radius 1 is 1.27 bits per heavy atom. The number of hydrogen-bond donors (Lipinski definition) is 2. The molecule has 3 N–H and O–H groups in total. The molecule has 0 aliphatic carbocycles. The Labute approximate surface area is 147 Å². The van der Waals surface area contributed by atoms with Crippen molar-refractivity contribution in [1.29, 1.82) is 5.26 Å². The Balaban J connectivity index is 2.68. The second kappa shape index (κ2) is 7.65. The SMILES string of the molecule is CCNc1cc(-c2cc(F)c(C#N)c(F)c2)nc(C(C(C)=O)C(N)=O)n1. The monoisotopic (exact) mass is 359 g/mol. The molecule has 0 saturated heterocycles. The van der Waals surface area contributed by atoms with E-state index in [9.17, 15) is 18.4 Å². The summed E-state index contributed by atoms with van der Waals surface area (Å²) in [5, 5.41) is 11.6. The van der Waals surface area contributed by atoms with E-state index in [1.807, 2.05) is 0 Å². The van der Waals surface area contributed by atoms with Gasteiger partial charge in [0.1, 0.15) is 34.9 Å². The van der Waals surface area contributed by atoms with Gasteiger partial charge in [0.2, 0.25) is 5.91 Å². The number of ketones is 1. The lowest BCUT2D eigenvalue weighted by Gasteiger charge is -2.13. The minimum absolute atomic E-state index is 0.0218. The van der Waals surface area contributed by atoms with Crippen LogP contribution in [0, 0.1) is 23.0 Å². The number of primary amides is 1. The number of carbonyl (C=O) groups is 2. The van der Waals surface area contributed by atoms with Crippen LogP contribution < -0.4 is 11.1 Å². The quantitative estimate of drug-likeness (QED) is 0.760. The van der Waals surface area contributed by atoms with Crippen molar-refractivity contribution in [2.24, 2.45) is 5.73 Å². The average Bonchev–Trinajstić information content (AvgIpc) is 2.54. The van der Waals surface area contributed by atoms with Gasteiger partial charge in [-0.1, -0.05) is 0 Å². The number of nitriles is 1. The predicted octanol–water partition coefficient (Wildman–Crippen LogP) is 1.88. The van der Waals surface area contributed by atoms with Gasteiger partial charge in [-0.25, -0.2) is 18.7 Å². The lowest BCUT2D eigenvalue weighted by Crippen LogP contribution is -2.28. The van der Waals surface area contributed by atoms with Gasteiger partial charge in [0.25, 0.3) is 0 Å². The van der Waals surface area contributed by atoms with E-state index < -0.39 is 34.8 Å². The molecule has 0 spiro atoms. The van der Waals surface area contributed by atoms with Crippen LogP contribution >= 0.6 is 0 Å². The first-order valence-corrected chi connectivity index (χ1v) is 7.60. The van der Waals surface area contributed by atoms with Crippen molar-refractivity contribution in [3.63, 3.8) is 0 Å². The highest BCUT2D eigenvalue weighted by Gasteiger charge is 2.27. The van der Waals surface area contributed by atoms with E-state index in [1.165, 1.54) is 19.1 Å². The van der Waals surface area contributed by atoms with Crippen LogP contribution in [-0.2, 0) is 9.59 Å². The van der Waals surface area contributed by atoms with Gasteiger partial charge in [-0.3, -0.25) is 9.59 Å². The van der Waals surface area contributed by atoms with Gasteiger partial charge < -0.3 is 11.1 Å². The molecule has 0 aliphatic heterocycles. The van der Waals surface area contributed by atoms with Gasteiger partial charge in [0.05, 0.1) is 5.69 Å². The number of halogens is 2. The van der Waals surface area contributed by atoms with Gasteiger partial charge in [-0.05, 0) is 26.0 Å². The van der Waals surface area contributed by atoms with Crippen molar-refractivity contribution in [3.8, 4) is 17.3 Å². The predicted molar refractivity (Wildman–Crippen MR) is 88.9 cm³/mol. The molecular weight excluding hydrogens is 344 g/mol. The van der Waals surface area contributed by atoms with Crippen LogP contribution in [0.15, 0.2) is 18.2 Å². The highest BCUT2D eigenvalue weighted by Crippen LogP contribution is 2.26. The van der Waals surface area contributed by atoms with Crippen LogP contribution in [0.5, 0.6) is 0 Å². The van der Waals surface area contributed by atoms with Crippen molar-refractivity contribution in [1.82, 2.24) is 9.97 Å². The summed E-state index contributed by atoms with van der Waals surface area (Å²) in [6.45, 7) is 3.42. The number of aromatic nitrogens is 2. The van der Waals surface area contributed by atoms with E-state index in [-0.39, 0.29) is 22.9 Å². The number of Topliss-reactive ketones (excluding diaryl/α,β-unsaturated/α-hetero) is 1. The molecule has 1 heterocycles. The van der Waals surface area contributed by atoms with Crippen LogP contribution in [0.25, 0.3) is 11.3 Å². The number of nitrogens with one attached hydrogen (secondary N) is 1. The Morgan fingerprint density at radius 3 is 2.35 bits per heavy atom. The zero-order chi connectivity index (χ0) is 19.4. The largest absolute Gasteiger partial charge is 0.370 e. The molecule has 26 heavy (non-hydrogen) atoms. The van der Waals surface area contributed by atoms with Crippen LogP contribution in [-0.4, -0.2) is 28.2 Å². The molecule has 0 saturated carbocycles. The molecule has 0 bridgehead atoms. The Kier molecular flexibility index (Phi) is 5.57. The summed E-state index contributed by atoms with van der Waals surface area (Å²) in [6.07, 6.45) is 0. The van der Waals surface area contributed by atoms with E-state index in [4.69, 9.17) is 11.0 Å². The fraction of sp³-hybridized carbons (Fsp3) is 0.235. The smallest absolute Gasteiger partial charge is 0.235 e. The summed E-state index contributed by atoms with van der Waals surface area (Å²) in [7, 11) is 0. The maximum atomic E-state index is 13.9. The molecule has 2 aromatic rings. The van der Waals surface area contributed by atoms with Crippen molar-refractivity contribution >= 4 is 17.5 Å².